The van der Waals surface area contributed by atoms with Crippen LogP contribution >= 0.6 is 23.2 Å². The molecule has 2 aromatic carbocycles. The predicted molar refractivity (Wildman–Crippen MR) is 147 cm³/mol. The van der Waals surface area contributed by atoms with Crippen LogP contribution in [0, 0.1) is 0 Å². The van der Waals surface area contributed by atoms with Crippen LogP contribution in [-0.2, 0) is 10.3 Å². The van der Waals surface area contributed by atoms with E-state index in [0.29, 0.717) is 34.9 Å². The lowest BCUT2D eigenvalue weighted by Gasteiger charge is -2.45. The van der Waals surface area contributed by atoms with E-state index in [1.54, 1.807) is 18.2 Å². The van der Waals surface area contributed by atoms with E-state index in [1.807, 2.05) is 35.2 Å². The van der Waals surface area contributed by atoms with E-state index < -0.39 is 5.60 Å². The first-order valence-electron chi connectivity index (χ1n) is 13.3. The van der Waals surface area contributed by atoms with Gasteiger partial charge in [-0.1, -0.05) is 53.5 Å². The van der Waals surface area contributed by atoms with Crippen LogP contribution in [-0.4, -0.2) is 90.4 Å². The summed E-state index contributed by atoms with van der Waals surface area (Å²) in [6.07, 6.45) is 3.78. The molecule has 0 spiro atoms. The molecular weight excluding hydrogens is 511 g/mol. The van der Waals surface area contributed by atoms with Gasteiger partial charge in [-0.15, -0.1) is 0 Å². The first-order chi connectivity index (χ1) is 17.9. The van der Waals surface area contributed by atoms with Crippen LogP contribution in [0.5, 0.6) is 0 Å². The van der Waals surface area contributed by atoms with Crippen LogP contribution in [0.4, 0.5) is 10.5 Å². The van der Waals surface area contributed by atoms with Gasteiger partial charge in [0.05, 0.1) is 28.4 Å². The van der Waals surface area contributed by atoms with Crippen LogP contribution in [0.15, 0.2) is 48.5 Å². The van der Waals surface area contributed by atoms with Gasteiger partial charge in [0.25, 0.3) is 0 Å². The summed E-state index contributed by atoms with van der Waals surface area (Å²) in [6, 6.07) is 15.6. The molecule has 0 bridgehead atoms. The van der Waals surface area contributed by atoms with E-state index in [0.717, 1.165) is 70.6 Å². The van der Waals surface area contributed by atoms with E-state index in [4.69, 9.17) is 27.9 Å². The second kappa shape index (κ2) is 11.9. The number of anilines is 1. The minimum Gasteiger partial charge on any atom is -0.385 e. The lowest BCUT2D eigenvalue weighted by atomic mass is 9.77. The molecule has 200 valence electrons. The Morgan fingerprint density at radius 3 is 2.43 bits per heavy atom. The second-order valence-electron chi connectivity index (χ2n) is 10.5. The molecule has 3 aliphatic rings. The maximum absolute atomic E-state index is 12.7. The fourth-order valence-electron chi connectivity index (χ4n) is 5.86. The number of amides is 2. The number of piperazine rings is 1. The zero-order valence-electron chi connectivity index (χ0n) is 21.1. The van der Waals surface area contributed by atoms with Gasteiger partial charge in [-0.25, -0.2) is 4.79 Å². The Morgan fingerprint density at radius 2 is 1.73 bits per heavy atom. The molecule has 2 aliphatic heterocycles. The molecule has 0 radical (unpaired) electrons. The van der Waals surface area contributed by atoms with Gasteiger partial charge in [0.1, 0.15) is 0 Å². The summed E-state index contributed by atoms with van der Waals surface area (Å²) in [6.45, 7) is 6.48. The fraction of sp³-hybridized carbons (Fsp3) is 0.536. The van der Waals surface area contributed by atoms with E-state index >= 15 is 0 Å². The average Bonchev–Trinajstić information content (AvgIpc) is 2.92. The van der Waals surface area contributed by atoms with Crippen LogP contribution in [0.3, 0.4) is 0 Å². The van der Waals surface area contributed by atoms with Crippen LogP contribution < -0.4 is 5.32 Å². The third kappa shape index (κ3) is 6.59. The van der Waals surface area contributed by atoms with Crippen molar-refractivity contribution in [2.75, 3.05) is 57.7 Å². The highest BCUT2D eigenvalue weighted by Gasteiger charge is 2.38. The third-order valence-electron chi connectivity index (χ3n) is 8.07. The number of benzene rings is 2. The molecule has 9 heteroatoms. The minimum absolute atomic E-state index is 0.120. The molecule has 2 heterocycles. The number of halogens is 2. The van der Waals surface area contributed by atoms with Crippen LogP contribution in [0.1, 0.15) is 31.2 Å². The lowest BCUT2D eigenvalue weighted by Crippen LogP contribution is -2.55. The molecule has 2 N–H and O–H groups in total. The van der Waals surface area contributed by atoms with Crippen molar-refractivity contribution < 1.29 is 14.6 Å². The van der Waals surface area contributed by atoms with Gasteiger partial charge in [0.15, 0.2) is 0 Å². The van der Waals surface area contributed by atoms with Gasteiger partial charge in [0.2, 0.25) is 0 Å². The number of carbonyl (C=O) groups excluding carboxylic acids is 1. The largest absolute Gasteiger partial charge is 0.385 e. The Bertz CT molecular complexity index is 1060. The van der Waals surface area contributed by atoms with Crippen molar-refractivity contribution >= 4 is 34.9 Å². The second-order valence-corrected chi connectivity index (χ2v) is 11.3. The van der Waals surface area contributed by atoms with E-state index in [2.05, 4.69) is 15.1 Å². The number of aliphatic hydroxyl groups is 1. The molecule has 2 aromatic rings. The highest BCUT2D eigenvalue weighted by atomic mass is 35.5. The van der Waals surface area contributed by atoms with Crippen molar-refractivity contribution in [3.8, 4) is 0 Å². The average molecular weight is 548 g/mol. The van der Waals surface area contributed by atoms with Gasteiger partial charge < -0.3 is 20.1 Å². The molecule has 2 amide bonds. The lowest BCUT2D eigenvalue weighted by molar-refractivity contribution is -0.0794. The number of ether oxygens (including phenoxy) is 1. The molecule has 1 saturated carbocycles. The monoisotopic (exact) mass is 546 g/mol. The van der Waals surface area contributed by atoms with Gasteiger partial charge in [0, 0.05) is 57.5 Å². The minimum atomic E-state index is -0.699. The van der Waals surface area contributed by atoms with E-state index in [1.165, 1.54) is 0 Å². The Labute approximate surface area is 229 Å². The Kier molecular flexibility index (Phi) is 8.59. The summed E-state index contributed by atoms with van der Waals surface area (Å²) in [7, 11) is 0. The van der Waals surface area contributed by atoms with Crippen LogP contribution in [0.25, 0.3) is 0 Å². The number of rotatable bonds is 5. The number of nitrogens with zero attached hydrogens (tertiary/aromatic N) is 3. The van der Waals surface area contributed by atoms with Crippen LogP contribution in [0.2, 0.25) is 10.0 Å². The number of nitrogens with one attached hydrogen (secondary N) is 1. The number of carbonyl (C=O) groups is 1. The summed E-state index contributed by atoms with van der Waals surface area (Å²) in [5.41, 5.74) is 0.982. The summed E-state index contributed by atoms with van der Waals surface area (Å²) < 4.78 is 6.14. The van der Waals surface area contributed by atoms with Gasteiger partial charge >= 0.3 is 6.03 Å². The Hall–Kier alpha value is -1.87. The first kappa shape index (κ1) is 26.7. The summed E-state index contributed by atoms with van der Waals surface area (Å²) in [5.74, 6) is 0. The fourth-order valence-corrected chi connectivity index (χ4v) is 6.16. The van der Waals surface area contributed by atoms with Gasteiger partial charge in [-0.2, -0.15) is 0 Å². The van der Waals surface area contributed by atoms with E-state index in [9.17, 15) is 9.90 Å². The molecule has 0 aromatic heterocycles. The first-order valence-corrected chi connectivity index (χ1v) is 14.0. The standard InChI is InChI=1S/C28H36Cl2N4O3/c29-25-7-6-22(18-26(25)30)31-27(35)33-14-12-32(13-15-33)19-24-20-34(16-17-37-24)23-8-10-28(36,11-9-23)21-4-2-1-3-5-21/h1-7,18,23-24,36H,8-17,19-20H2,(H,31,35)/t23-,24-,28+/m0/s1. The van der Waals surface area contributed by atoms with Crippen molar-refractivity contribution in [3.05, 3.63) is 64.1 Å². The van der Waals surface area contributed by atoms with Gasteiger partial charge in [-0.05, 0) is 49.4 Å². The summed E-state index contributed by atoms with van der Waals surface area (Å²) in [4.78, 5) is 19.5. The maximum Gasteiger partial charge on any atom is 0.321 e. The number of morpholine rings is 1. The van der Waals surface area contributed by atoms with Crippen molar-refractivity contribution in [3.63, 3.8) is 0 Å². The Balaban J connectivity index is 1.06. The van der Waals surface area contributed by atoms with Gasteiger partial charge in [-0.3, -0.25) is 9.80 Å². The molecule has 2 saturated heterocycles. The molecule has 1 aliphatic carbocycles. The SMILES string of the molecule is O=C(Nc1ccc(Cl)c(Cl)c1)N1CCN(C[C@H]2CN([C@H]3CC[C@](O)(c4ccccc4)CC3)CCO2)CC1. The maximum atomic E-state index is 12.7. The molecule has 3 fully saturated rings. The zero-order valence-corrected chi connectivity index (χ0v) is 22.6. The summed E-state index contributed by atoms with van der Waals surface area (Å²) in [5, 5.41) is 15.0. The highest BCUT2D eigenvalue weighted by molar-refractivity contribution is 6.42. The Morgan fingerprint density at radius 1 is 1.00 bits per heavy atom. The number of hydrogen-bond donors (Lipinski definition) is 2. The quantitative estimate of drug-likeness (QED) is 0.570. The van der Waals surface area contributed by atoms with Crippen molar-refractivity contribution in [2.24, 2.45) is 0 Å². The molecule has 37 heavy (non-hydrogen) atoms. The molecular formula is C28H36Cl2N4O3. The van der Waals surface area contributed by atoms with Crippen molar-refractivity contribution in [1.82, 2.24) is 14.7 Å². The topological polar surface area (TPSA) is 68.3 Å². The van der Waals surface area contributed by atoms with Crippen molar-refractivity contribution in [1.29, 1.82) is 0 Å². The molecule has 5 rings (SSSR count). The third-order valence-corrected chi connectivity index (χ3v) is 8.81. The molecule has 0 unspecified atom stereocenters. The van der Waals surface area contributed by atoms with E-state index in [-0.39, 0.29) is 12.1 Å². The number of hydrogen-bond acceptors (Lipinski definition) is 5. The predicted octanol–water partition coefficient (Wildman–Crippen LogP) is 4.67. The normalized spacial score (nSPS) is 27.7. The highest BCUT2D eigenvalue weighted by Crippen LogP contribution is 2.38. The van der Waals surface area contributed by atoms with Crippen molar-refractivity contribution in [2.45, 2.75) is 43.4 Å². The zero-order chi connectivity index (χ0) is 25.8. The molecule has 7 nitrogen and oxygen atoms in total. The number of urea groups is 1. The smallest absolute Gasteiger partial charge is 0.321 e. The molecule has 1 atom stereocenters. The summed E-state index contributed by atoms with van der Waals surface area (Å²) >= 11 is 12.0.